The van der Waals surface area contributed by atoms with Crippen LogP contribution in [0.3, 0.4) is 0 Å². The van der Waals surface area contributed by atoms with E-state index in [2.05, 4.69) is 28.6 Å². The van der Waals surface area contributed by atoms with Gasteiger partial charge in [0.2, 0.25) is 0 Å². The molecular weight excluding hydrogens is 308 g/mol. The number of piperazine rings is 1. The van der Waals surface area contributed by atoms with Crippen LogP contribution in [0.2, 0.25) is 0 Å². The summed E-state index contributed by atoms with van der Waals surface area (Å²) in [7, 11) is 0. The quantitative estimate of drug-likeness (QED) is 0.634. The van der Waals surface area contributed by atoms with Crippen molar-refractivity contribution in [1.82, 2.24) is 9.88 Å². The molecule has 2 heterocycles. The molecule has 2 rings (SSSR count). The monoisotopic (exact) mass is 336 g/mol. The number of hydrogen-bond acceptors (Lipinski definition) is 6. The molecule has 0 bridgehead atoms. The fraction of sp³-hybridized carbons (Fsp3) is 0.706. The first-order chi connectivity index (χ1) is 11.2. The molecule has 1 aromatic heterocycles. The Balaban J connectivity index is 2.20. The first-order valence-corrected chi connectivity index (χ1v) is 8.58. The van der Waals surface area contributed by atoms with Crippen LogP contribution < -0.4 is 4.90 Å². The fourth-order valence-electron chi connectivity index (χ4n) is 3.37. The van der Waals surface area contributed by atoms with Gasteiger partial charge in [0.15, 0.2) is 0 Å². The molecular formula is C17H28N4O3. The summed E-state index contributed by atoms with van der Waals surface area (Å²) in [4.78, 5) is 19.3. The van der Waals surface area contributed by atoms with Crippen molar-refractivity contribution in [3.63, 3.8) is 0 Å². The molecule has 1 N–H and O–H groups in total. The Bertz CT molecular complexity index is 556. The maximum atomic E-state index is 10.8. The molecule has 0 radical (unpaired) electrons. The van der Waals surface area contributed by atoms with Gasteiger partial charge in [-0.15, -0.1) is 0 Å². The van der Waals surface area contributed by atoms with Crippen LogP contribution >= 0.6 is 0 Å². The van der Waals surface area contributed by atoms with Crippen LogP contribution in [0.4, 0.5) is 11.5 Å². The predicted octanol–water partition coefficient (Wildman–Crippen LogP) is 2.44. The van der Waals surface area contributed by atoms with Crippen molar-refractivity contribution in [1.29, 1.82) is 0 Å². The minimum Gasteiger partial charge on any atom is -0.389 e. The van der Waals surface area contributed by atoms with E-state index in [4.69, 9.17) is 0 Å². The van der Waals surface area contributed by atoms with Crippen LogP contribution in [0.15, 0.2) is 18.3 Å². The summed E-state index contributed by atoms with van der Waals surface area (Å²) in [6.07, 6.45) is 3.26. The molecule has 2 atom stereocenters. The Hall–Kier alpha value is -1.73. The summed E-state index contributed by atoms with van der Waals surface area (Å²) in [6.45, 7) is 10.3. The third kappa shape index (κ3) is 4.42. The SMILES string of the molecule is CC[C@@H]1CN(c2ccc([N+](=O)[O-])cn2)[C@@H](CC)CN1CC(C)(C)O. The zero-order valence-electron chi connectivity index (χ0n) is 15.0. The van der Waals surface area contributed by atoms with Crippen molar-refractivity contribution >= 4 is 11.5 Å². The number of nitro groups is 1. The molecule has 1 aromatic rings. The molecule has 0 amide bonds. The van der Waals surface area contributed by atoms with E-state index in [-0.39, 0.29) is 11.7 Å². The van der Waals surface area contributed by atoms with Crippen LogP contribution in [0, 0.1) is 10.1 Å². The Morgan fingerprint density at radius 1 is 1.29 bits per heavy atom. The lowest BCUT2D eigenvalue weighted by atomic mass is 9.99. The second-order valence-corrected chi connectivity index (χ2v) is 7.15. The Kier molecular flexibility index (Phi) is 5.77. The molecule has 0 aromatic carbocycles. The predicted molar refractivity (Wildman–Crippen MR) is 94.3 cm³/mol. The van der Waals surface area contributed by atoms with E-state index in [0.29, 0.717) is 12.6 Å². The summed E-state index contributed by atoms with van der Waals surface area (Å²) < 4.78 is 0. The summed E-state index contributed by atoms with van der Waals surface area (Å²) in [5.41, 5.74) is -0.709. The van der Waals surface area contributed by atoms with E-state index in [1.165, 1.54) is 12.3 Å². The largest absolute Gasteiger partial charge is 0.389 e. The molecule has 0 saturated carbocycles. The maximum absolute atomic E-state index is 10.8. The van der Waals surface area contributed by atoms with Gasteiger partial charge in [0.05, 0.1) is 10.5 Å². The Labute approximate surface area is 143 Å². The molecule has 24 heavy (non-hydrogen) atoms. The standard InChI is InChI=1S/C17H28N4O3/c1-5-13-11-20(16-8-7-15(9-18-16)21(23)24)14(6-2)10-19(13)12-17(3,4)22/h7-9,13-14,22H,5-6,10-12H2,1-4H3/t13-,14+/m1/s1. The van der Waals surface area contributed by atoms with Crippen molar-refractivity contribution in [2.45, 2.75) is 58.2 Å². The average molecular weight is 336 g/mol. The average Bonchev–Trinajstić information content (AvgIpc) is 2.53. The highest BCUT2D eigenvalue weighted by Crippen LogP contribution is 2.26. The summed E-state index contributed by atoms with van der Waals surface area (Å²) in [6, 6.07) is 3.86. The van der Waals surface area contributed by atoms with E-state index in [1.54, 1.807) is 6.07 Å². The van der Waals surface area contributed by atoms with Gasteiger partial charge in [0.1, 0.15) is 12.0 Å². The molecule has 7 nitrogen and oxygen atoms in total. The van der Waals surface area contributed by atoms with Gasteiger partial charge in [-0.2, -0.15) is 0 Å². The minimum atomic E-state index is -0.723. The van der Waals surface area contributed by atoms with E-state index >= 15 is 0 Å². The molecule has 1 fully saturated rings. The van der Waals surface area contributed by atoms with Gasteiger partial charge < -0.3 is 10.0 Å². The summed E-state index contributed by atoms with van der Waals surface area (Å²) >= 11 is 0. The highest BCUT2D eigenvalue weighted by Gasteiger charge is 2.35. The molecule has 0 spiro atoms. The van der Waals surface area contributed by atoms with E-state index in [9.17, 15) is 15.2 Å². The lowest BCUT2D eigenvalue weighted by Crippen LogP contribution is -2.60. The lowest BCUT2D eigenvalue weighted by Gasteiger charge is -2.48. The fourth-order valence-corrected chi connectivity index (χ4v) is 3.37. The third-order valence-electron chi connectivity index (χ3n) is 4.58. The lowest BCUT2D eigenvalue weighted by molar-refractivity contribution is -0.385. The van der Waals surface area contributed by atoms with Crippen molar-refractivity contribution in [2.24, 2.45) is 0 Å². The van der Waals surface area contributed by atoms with Crippen molar-refractivity contribution < 1.29 is 10.0 Å². The van der Waals surface area contributed by atoms with E-state index in [1.807, 2.05) is 13.8 Å². The first kappa shape index (κ1) is 18.6. The van der Waals surface area contributed by atoms with Crippen molar-refractivity contribution in [2.75, 3.05) is 24.5 Å². The van der Waals surface area contributed by atoms with Crippen LogP contribution in [0.1, 0.15) is 40.5 Å². The van der Waals surface area contributed by atoms with Crippen LogP contribution in [0.25, 0.3) is 0 Å². The number of β-amino-alcohol motifs (C(OH)–C–C–N with tert-alkyl or cyclic N) is 1. The number of pyridine rings is 1. The molecule has 7 heteroatoms. The zero-order chi connectivity index (χ0) is 17.9. The van der Waals surface area contributed by atoms with Gasteiger partial charge in [-0.3, -0.25) is 15.0 Å². The van der Waals surface area contributed by atoms with Crippen molar-refractivity contribution in [3.8, 4) is 0 Å². The Morgan fingerprint density at radius 3 is 2.42 bits per heavy atom. The number of rotatable bonds is 6. The number of aromatic nitrogens is 1. The molecule has 0 aliphatic carbocycles. The van der Waals surface area contributed by atoms with Crippen LogP contribution in [-0.4, -0.2) is 57.2 Å². The highest BCUT2D eigenvalue weighted by molar-refractivity contribution is 5.44. The second-order valence-electron chi connectivity index (χ2n) is 7.15. The topological polar surface area (TPSA) is 82.7 Å². The first-order valence-electron chi connectivity index (χ1n) is 8.58. The summed E-state index contributed by atoms with van der Waals surface area (Å²) in [5.74, 6) is 0.786. The highest BCUT2D eigenvalue weighted by atomic mass is 16.6. The van der Waals surface area contributed by atoms with Gasteiger partial charge >= 0.3 is 0 Å². The van der Waals surface area contributed by atoms with Crippen LogP contribution in [-0.2, 0) is 0 Å². The zero-order valence-corrected chi connectivity index (χ0v) is 15.0. The van der Waals surface area contributed by atoms with Gasteiger partial charge in [0, 0.05) is 37.8 Å². The van der Waals surface area contributed by atoms with Crippen LogP contribution in [0.5, 0.6) is 0 Å². The van der Waals surface area contributed by atoms with E-state index in [0.717, 1.165) is 31.7 Å². The van der Waals surface area contributed by atoms with E-state index < -0.39 is 10.5 Å². The number of hydrogen-bond donors (Lipinski definition) is 1. The van der Waals surface area contributed by atoms with Gasteiger partial charge in [-0.1, -0.05) is 13.8 Å². The van der Waals surface area contributed by atoms with Gasteiger partial charge in [-0.05, 0) is 32.8 Å². The smallest absolute Gasteiger partial charge is 0.287 e. The normalized spacial score (nSPS) is 22.6. The molecule has 1 saturated heterocycles. The molecule has 1 aliphatic rings. The Morgan fingerprint density at radius 2 is 1.96 bits per heavy atom. The minimum absolute atomic E-state index is 0.0134. The van der Waals surface area contributed by atoms with Crippen molar-refractivity contribution in [3.05, 3.63) is 28.4 Å². The second kappa shape index (κ2) is 7.44. The maximum Gasteiger partial charge on any atom is 0.287 e. The number of anilines is 1. The molecule has 1 aliphatic heterocycles. The molecule has 0 unspecified atom stereocenters. The van der Waals surface area contributed by atoms with Gasteiger partial charge in [-0.25, -0.2) is 4.98 Å². The summed E-state index contributed by atoms with van der Waals surface area (Å²) in [5, 5.41) is 21.0. The third-order valence-corrected chi connectivity index (χ3v) is 4.58. The molecule has 134 valence electrons. The van der Waals surface area contributed by atoms with Gasteiger partial charge in [0.25, 0.3) is 5.69 Å². The number of nitrogens with zero attached hydrogens (tertiary/aromatic N) is 4. The number of aliphatic hydroxyl groups is 1.